The molecule has 0 aliphatic heterocycles. The highest BCUT2D eigenvalue weighted by Gasteiger charge is 2.11. The van der Waals surface area contributed by atoms with Gasteiger partial charge in [-0.3, -0.25) is 9.59 Å². The van der Waals surface area contributed by atoms with Gasteiger partial charge in [-0.1, -0.05) is 11.6 Å². The van der Waals surface area contributed by atoms with Crippen molar-refractivity contribution in [3.63, 3.8) is 0 Å². The summed E-state index contributed by atoms with van der Waals surface area (Å²) in [5.41, 5.74) is 5.11. The van der Waals surface area contributed by atoms with Gasteiger partial charge in [-0.05, 0) is 12.1 Å². The zero-order chi connectivity index (χ0) is 12.8. The third-order valence-electron chi connectivity index (χ3n) is 2.07. The van der Waals surface area contributed by atoms with Crippen LogP contribution in [0.25, 0.3) is 0 Å². The van der Waals surface area contributed by atoms with E-state index in [1.54, 1.807) is 13.1 Å². The van der Waals surface area contributed by atoms with Crippen molar-refractivity contribution in [2.75, 3.05) is 20.1 Å². The van der Waals surface area contributed by atoms with E-state index < -0.39 is 0 Å². The Morgan fingerprint density at radius 3 is 2.67 bits per heavy atom. The zero-order valence-corrected chi connectivity index (χ0v) is 12.2. The number of hydrogen-bond acceptors (Lipinski definition) is 4. The van der Waals surface area contributed by atoms with Crippen molar-refractivity contribution in [2.24, 2.45) is 5.73 Å². The Morgan fingerprint density at radius 1 is 1.50 bits per heavy atom. The second kappa shape index (κ2) is 8.31. The fraction of sp³-hybridized carbons (Fsp3) is 0.400. The van der Waals surface area contributed by atoms with Crippen LogP contribution in [-0.4, -0.2) is 36.9 Å². The van der Waals surface area contributed by atoms with Gasteiger partial charge in [0.2, 0.25) is 11.8 Å². The maximum absolute atomic E-state index is 11.6. The highest BCUT2D eigenvalue weighted by Crippen LogP contribution is 2.22. The molecule has 1 aromatic rings. The third kappa shape index (κ3) is 5.68. The van der Waals surface area contributed by atoms with E-state index in [-0.39, 0.29) is 37.3 Å². The Labute approximate surface area is 121 Å². The van der Waals surface area contributed by atoms with E-state index in [2.05, 4.69) is 5.32 Å². The fourth-order valence-corrected chi connectivity index (χ4v) is 2.28. The van der Waals surface area contributed by atoms with Crippen LogP contribution in [0.3, 0.4) is 0 Å². The monoisotopic (exact) mass is 311 g/mol. The molecule has 0 radical (unpaired) electrons. The Balaban J connectivity index is 0.00000289. The van der Waals surface area contributed by atoms with Crippen LogP contribution >= 0.6 is 35.3 Å². The van der Waals surface area contributed by atoms with E-state index in [1.165, 1.54) is 16.2 Å². The number of nitrogens with zero attached hydrogens (tertiary/aromatic N) is 1. The van der Waals surface area contributed by atoms with Gasteiger partial charge in [0.25, 0.3) is 0 Å². The van der Waals surface area contributed by atoms with Crippen molar-refractivity contribution in [1.82, 2.24) is 10.2 Å². The highest BCUT2D eigenvalue weighted by molar-refractivity contribution is 7.16. The van der Waals surface area contributed by atoms with Gasteiger partial charge >= 0.3 is 0 Å². The van der Waals surface area contributed by atoms with E-state index in [0.29, 0.717) is 10.9 Å². The van der Waals surface area contributed by atoms with Crippen molar-refractivity contribution in [3.8, 4) is 0 Å². The minimum Gasteiger partial charge on any atom is -0.346 e. The normalized spacial score (nSPS) is 9.50. The molecule has 3 N–H and O–H groups in total. The number of thiophene rings is 1. The first kappa shape index (κ1) is 17.2. The minimum atomic E-state index is -0.342. The summed E-state index contributed by atoms with van der Waals surface area (Å²) < 4.78 is 0.692. The molecule has 0 aliphatic carbocycles. The van der Waals surface area contributed by atoms with Crippen LogP contribution in [0.2, 0.25) is 4.34 Å². The molecule has 5 nitrogen and oxygen atoms in total. The van der Waals surface area contributed by atoms with Crippen LogP contribution in [0.1, 0.15) is 4.88 Å². The minimum absolute atomic E-state index is 0. The predicted molar refractivity (Wildman–Crippen MR) is 75.1 cm³/mol. The topological polar surface area (TPSA) is 75.4 Å². The van der Waals surface area contributed by atoms with Crippen molar-refractivity contribution >= 4 is 47.2 Å². The molecule has 0 aromatic carbocycles. The van der Waals surface area contributed by atoms with Gasteiger partial charge in [-0.15, -0.1) is 23.7 Å². The lowest BCUT2D eigenvalue weighted by Crippen LogP contribution is -2.39. The molecule has 0 fully saturated rings. The van der Waals surface area contributed by atoms with Crippen LogP contribution < -0.4 is 11.1 Å². The summed E-state index contributed by atoms with van der Waals surface area (Å²) in [4.78, 5) is 25.0. The Morgan fingerprint density at radius 2 is 2.17 bits per heavy atom. The maximum Gasteiger partial charge on any atom is 0.242 e. The molecule has 0 spiro atoms. The number of nitrogens with one attached hydrogen (secondary N) is 1. The quantitative estimate of drug-likeness (QED) is 0.846. The van der Waals surface area contributed by atoms with Crippen LogP contribution in [0, 0.1) is 0 Å². The summed E-state index contributed by atoms with van der Waals surface area (Å²) in [7, 11) is 1.67. The number of likely N-dealkylation sites (N-methyl/N-ethyl adjacent to an activating group) is 1. The molecule has 0 bridgehead atoms. The number of amides is 2. The van der Waals surface area contributed by atoms with Crippen LogP contribution in [0.4, 0.5) is 0 Å². The van der Waals surface area contributed by atoms with Gasteiger partial charge in [0, 0.05) is 11.9 Å². The Hall–Kier alpha value is -0.820. The number of carbonyl (C=O) groups excluding carboxylic acids is 2. The van der Waals surface area contributed by atoms with Gasteiger partial charge in [-0.25, -0.2) is 0 Å². The van der Waals surface area contributed by atoms with Gasteiger partial charge in [-0.2, -0.15) is 0 Å². The summed E-state index contributed by atoms with van der Waals surface area (Å²) in [6, 6.07) is 3.66. The summed E-state index contributed by atoms with van der Waals surface area (Å²) in [5, 5.41) is 2.43. The number of halogens is 2. The first-order chi connectivity index (χ1) is 8.02. The molecule has 102 valence electrons. The maximum atomic E-state index is 11.6. The SMILES string of the molecule is CN(Cc1ccc(Cl)s1)C(=O)CNC(=O)CN.Cl. The molecule has 2 amide bonds. The fourth-order valence-electron chi connectivity index (χ4n) is 1.14. The first-order valence-electron chi connectivity index (χ1n) is 4.98. The number of nitrogens with two attached hydrogens (primary N) is 1. The summed E-state index contributed by atoms with van der Waals surface area (Å²) >= 11 is 7.22. The first-order valence-corrected chi connectivity index (χ1v) is 6.17. The predicted octanol–water partition coefficient (Wildman–Crippen LogP) is 0.857. The van der Waals surface area contributed by atoms with E-state index in [4.69, 9.17) is 17.3 Å². The number of rotatable bonds is 5. The highest BCUT2D eigenvalue weighted by atomic mass is 35.5. The average molecular weight is 312 g/mol. The van der Waals surface area contributed by atoms with Crippen molar-refractivity contribution in [3.05, 3.63) is 21.3 Å². The van der Waals surface area contributed by atoms with Crippen LogP contribution in [0.5, 0.6) is 0 Å². The average Bonchev–Trinajstić information content (AvgIpc) is 2.70. The third-order valence-corrected chi connectivity index (χ3v) is 3.29. The van der Waals surface area contributed by atoms with Gasteiger partial charge in [0.05, 0.1) is 24.0 Å². The molecule has 0 atom stereocenters. The van der Waals surface area contributed by atoms with Gasteiger partial charge in [0.1, 0.15) is 0 Å². The Bertz CT molecular complexity index is 412. The van der Waals surface area contributed by atoms with Crippen molar-refractivity contribution < 1.29 is 9.59 Å². The summed E-state index contributed by atoms with van der Waals surface area (Å²) in [6.45, 7) is 0.331. The van der Waals surface area contributed by atoms with Crippen molar-refractivity contribution in [1.29, 1.82) is 0 Å². The van der Waals surface area contributed by atoms with E-state index in [1.807, 2.05) is 6.07 Å². The molecule has 1 rings (SSSR count). The van der Waals surface area contributed by atoms with Gasteiger partial charge in [0.15, 0.2) is 0 Å². The van der Waals surface area contributed by atoms with Gasteiger partial charge < -0.3 is 16.0 Å². The Kier molecular flexibility index (Phi) is 7.93. The smallest absolute Gasteiger partial charge is 0.242 e. The second-order valence-corrected chi connectivity index (χ2v) is 5.24. The largest absolute Gasteiger partial charge is 0.346 e. The zero-order valence-electron chi connectivity index (χ0n) is 9.81. The van der Waals surface area contributed by atoms with E-state index in [9.17, 15) is 9.59 Å². The number of hydrogen-bond donors (Lipinski definition) is 2. The molecule has 1 aromatic heterocycles. The van der Waals surface area contributed by atoms with Crippen LogP contribution in [0.15, 0.2) is 12.1 Å². The molecular formula is C10H15Cl2N3O2S. The lowest BCUT2D eigenvalue weighted by Gasteiger charge is -2.16. The molecule has 1 heterocycles. The number of carbonyl (C=O) groups is 2. The lowest BCUT2D eigenvalue weighted by atomic mass is 10.4. The van der Waals surface area contributed by atoms with E-state index in [0.717, 1.165) is 4.88 Å². The second-order valence-electron chi connectivity index (χ2n) is 3.44. The lowest BCUT2D eigenvalue weighted by molar-refractivity contribution is -0.131. The van der Waals surface area contributed by atoms with Crippen LogP contribution in [-0.2, 0) is 16.1 Å². The van der Waals surface area contributed by atoms with E-state index >= 15 is 0 Å². The summed E-state index contributed by atoms with van der Waals surface area (Å²) in [5.74, 6) is -0.512. The molecule has 0 saturated carbocycles. The molecule has 0 aliphatic rings. The van der Waals surface area contributed by atoms with Crippen molar-refractivity contribution in [2.45, 2.75) is 6.54 Å². The molecule has 18 heavy (non-hydrogen) atoms. The molecule has 0 saturated heterocycles. The molecule has 0 unspecified atom stereocenters. The standard InChI is InChI=1S/C10H14ClN3O2S.ClH/c1-14(6-7-2-3-8(11)17-7)10(16)5-13-9(15)4-12;/h2-3H,4-6,12H2,1H3,(H,13,15);1H. The molecular weight excluding hydrogens is 297 g/mol. The molecule has 8 heteroatoms. The summed E-state index contributed by atoms with van der Waals surface area (Å²) in [6.07, 6.45) is 0.